The van der Waals surface area contributed by atoms with Crippen molar-refractivity contribution in [1.82, 2.24) is 9.62 Å². The second kappa shape index (κ2) is 8.43. The van der Waals surface area contributed by atoms with Crippen molar-refractivity contribution in [1.29, 1.82) is 0 Å². The number of carbonyl (C=O) groups is 1. The monoisotopic (exact) mass is 402 g/mol. The van der Waals surface area contributed by atoms with Gasteiger partial charge in [-0.1, -0.05) is 30.3 Å². The van der Waals surface area contributed by atoms with Crippen molar-refractivity contribution < 1.29 is 17.9 Å². The van der Waals surface area contributed by atoms with Gasteiger partial charge in [-0.2, -0.15) is 4.31 Å². The van der Waals surface area contributed by atoms with Gasteiger partial charge in [0.1, 0.15) is 0 Å². The molecule has 0 bridgehead atoms. The lowest BCUT2D eigenvalue weighted by molar-refractivity contribution is 0.0730. The van der Waals surface area contributed by atoms with Crippen molar-refractivity contribution in [2.24, 2.45) is 0 Å². The van der Waals surface area contributed by atoms with Crippen LogP contribution in [-0.2, 0) is 14.8 Å². The summed E-state index contributed by atoms with van der Waals surface area (Å²) in [6.45, 7) is 7.06. The van der Waals surface area contributed by atoms with E-state index in [0.717, 1.165) is 11.1 Å². The fourth-order valence-corrected chi connectivity index (χ4v) is 5.03. The Balaban J connectivity index is 1.84. The number of amides is 1. The molecule has 2 aromatic rings. The summed E-state index contributed by atoms with van der Waals surface area (Å²) < 4.78 is 32.7. The van der Waals surface area contributed by atoms with E-state index in [1.807, 2.05) is 38.1 Å². The summed E-state index contributed by atoms with van der Waals surface area (Å²) in [5, 5.41) is 2.96. The Hall–Kier alpha value is -2.22. The van der Waals surface area contributed by atoms with E-state index in [0.29, 0.717) is 37.4 Å². The second-order valence-electron chi connectivity index (χ2n) is 7.05. The van der Waals surface area contributed by atoms with Crippen LogP contribution < -0.4 is 5.32 Å². The zero-order valence-corrected chi connectivity index (χ0v) is 17.3. The van der Waals surface area contributed by atoms with Crippen LogP contribution in [0.15, 0.2) is 47.4 Å². The highest BCUT2D eigenvalue weighted by Gasteiger charge is 2.28. The molecular formula is C21H26N2O4S. The Bertz CT molecular complexity index is 966. The van der Waals surface area contributed by atoms with Gasteiger partial charge >= 0.3 is 0 Å². The normalized spacial score (nSPS) is 16.5. The molecule has 1 unspecified atom stereocenters. The molecule has 6 nitrogen and oxygen atoms in total. The van der Waals surface area contributed by atoms with Crippen LogP contribution in [0.3, 0.4) is 0 Å². The summed E-state index contributed by atoms with van der Waals surface area (Å²) in [5.41, 5.74) is 3.08. The molecule has 0 aromatic heterocycles. The van der Waals surface area contributed by atoms with Crippen LogP contribution in [0.5, 0.6) is 0 Å². The Kier molecular flexibility index (Phi) is 6.17. The number of sulfonamides is 1. The third-order valence-corrected chi connectivity index (χ3v) is 7.08. The smallest absolute Gasteiger partial charge is 0.251 e. The zero-order valence-electron chi connectivity index (χ0n) is 16.4. The molecule has 7 heteroatoms. The van der Waals surface area contributed by atoms with Crippen molar-refractivity contribution in [3.63, 3.8) is 0 Å². The van der Waals surface area contributed by atoms with Gasteiger partial charge in [0.25, 0.3) is 5.91 Å². The molecule has 3 rings (SSSR count). The number of ether oxygens (including phenoxy) is 1. The van der Waals surface area contributed by atoms with Crippen LogP contribution in [0.4, 0.5) is 0 Å². The molecule has 2 aromatic carbocycles. The largest absolute Gasteiger partial charge is 0.379 e. The fraction of sp³-hybridized carbons (Fsp3) is 0.381. The summed E-state index contributed by atoms with van der Waals surface area (Å²) in [4.78, 5) is 12.9. The van der Waals surface area contributed by atoms with E-state index in [-0.39, 0.29) is 16.8 Å². The Morgan fingerprint density at radius 2 is 1.75 bits per heavy atom. The summed E-state index contributed by atoms with van der Waals surface area (Å²) >= 11 is 0. The molecule has 1 fully saturated rings. The second-order valence-corrected chi connectivity index (χ2v) is 8.95. The number of rotatable bonds is 5. The molecule has 1 aliphatic rings. The van der Waals surface area contributed by atoms with Crippen molar-refractivity contribution in [3.05, 3.63) is 64.7 Å². The topological polar surface area (TPSA) is 75.7 Å². The number of nitrogens with one attached hydrogen (secondary N) is 1. The van der Waals surface area contributed by atoms with Crippen LogP contribution >= 0.6 is 0 Å². The molecule has 28 heavy (non-hydrogen) atoms. The van der Waals surface area contributed by atoms with Crippen LogP contribution in [0.2, 0.25) is 0 Å². The first-order chi connectivity index (χ1) is 13.3. The molecular weight excluding hydrogens is 376 g/mol. The van der Waals surface area contributed by atoms with Gasteiger partial charge in [0.2, 0.25) is 10.0 Å². The van der Waals surface area contributed by atoms with Gasteiger partial charge in [0.05, 0.1) is 24.2 Å². The lowest BCUT2D eigenvalue weighted by Crippen LogP contribution is -2.41. The first kappa shape index (κ1) is 20.5. The SMILES string of the molecule is Cc1ccccc1C(C)NC(=O)c1ccc(C)c(S(=O)(=O)N2CCOCC2)c1. The summed E-state index contributed by atoms with van der Waals surface area (Å²) in [7, 11) is -3.66. The Labute approximate surface area is 166 Å². The van der Waals surface area contributed by atoms with Crippen LogP contribution in [-0.4, -0.2) is 44.9 Å². The highest BCUT2D eigenvalue weighted by molar-refractivity contribution is 7.89. The minimum atomic E-state index is -3.66. The molecule has 1 atom stereocenters. The van der Waals surface area contributed by atoms with Crippen molar-refractivity contribution in [3.8, 4) is 0 Å². The number of hydrogen-bond donors (Lipinski definition) is 1. The number of benzene rings is 2. The van der Waals surface area contributed by atoms with Gasteiger partial charge < -0.3 is 10.1 Å². The lowest BCUT2D eigenvalue weighted by Gasteiger charge is -2.27. The van der Waals surface area contributed by atoms with E-state index in [1.54, 1.807) is 19.1 Å². The Morgan fingerprint density at radius 3 is 2.43 bits per heavy atom. The van der Waals surface area contributed by atoms with Crippen LogP contribution in [0, 0.1) is 13.8 Å². The Morgan fingerprint density at radius 1 is 1.07 bits per heavy atom. The van der Waals surface area contributed by atoms with Crippen LogP contribution in [0.1, 0.15) is 40.0 Å². The molecule has 1 aliphatic heterocycles. The van der Waals surface area contributed by atoms with Crippen LogP contribution in [0.25, 0.3) is 0 Å². The number of morpholine rings is 1. The maximum atomic E-state index is 13.0. The van der Waals surface area contributed by atoms with E-state index in [4.69, 9.17) is 4.74 Å². The van der Waals surface area contributed by atoms with Gasteiger partial charge in [0.15, 0.2) is 0 Å². The molecule has 0 spiro atoms. The van der Waals surface area contributed by atoms with E-state index < -0.39 is 10.0 Å². The molecule has 150 valence electrons. The molecule has 0 aliphatic carbocycles. The van der Waals surface area contributed by atoms with Gasteiger partial charge in [-0.05, 0) is 49.6 Å². The third-order valence-electron chi connectivity index (χ3n) is 5.04. The third kappa shape index (κ3) is 4.27. The predicted molar refractivity (Wildman–Crippen MR) is 108 cm³/mol. The quantitative estimate of drug-likeness (QED) is 0.834. The average Bonchev–Trinajstić information content (AvgIpc) is 2.69. The minimum Gasteiger partial charge on any atom is -0.379 e. The van der Waals surface area contributed by atoms with E-state index in [2.05, 4.69) is 5.32 Å². The van der Waals surface area contributed by atoms with Gasteiger partial charge in [0, 0.05) is 18.7 Å². The van der Waals surface area contributed by atoms with Gasteiger partial charge in [-0.3, -0.25) is 4.79 Å². The van der Waals surface area contributed by atoms with Gasteiger partial charge in [-0.25, -0.2) is 8.42 Å². The number of carbonyl (C=O) groups excluding carboxylic acids is 1. The molecule has 1 amide bonds. The highest BCUT2D eigenvalue weighted by Crippen LogP contribution is 2.23. The minimum absolute atomic E-state index is 0.172. The molecule has 1 N–H and O–H groups in total. The molecule has 0 radical (unpaired) electrons. The maximum Gasteiger partial charge on any atom is 0.251 e. The van der Waals surface area contributed by atoms with Crippen molar-refractivity contribution in [2.45, 2.75) is 31.7 Å². The molecule has 1 saturated heterocycles. The summed E-state index contributed by atoms with van der Waals surface area (Å²) in [6, 6.07) is 12.5. The number of hydrogen-bond acceptors (Lipinski definition) is 4. The predicted octanol–water partition coefficient (Wildman–Crippen LogP) is 2.82. The number of nitrogens with zero attached hydrogens (tertiary/aromatic N) is 1. The number of aryl methyl sites for hydroxylation is 2. The summed E-state index contributed by atoms with van der Waals surface area (Å²) in [5.74, 6) is -0.297. The highest BCUT2D eigenvalue weighted by atomic mass is 32.2. The maximum absolute atomic E-state index is 13.0. The summed E-state index contributed by atoms with van der Waals surface area (Å²) in [6.07, 6.45) is 0. The van der Waals surface area contributed by atoms with Crippen molar-refractivity contribution >= 4 is 15.9 Å². The van der Waals surface area contributed by atoms with E-state index in [9.17, 15) is 13.2 Å². The molecule has 0 saturated carbocycles. The van der Waals surface area contributed by atoms with Gasteiger partial charge in [-0.15, -0.1) is 0 Å². The average molecular weight is 403 g/mol. The first-order valence-electron chi connectivity index (χ1n) is 9.35. The van der Waals surface area contributed by atoms with Crippen molar-refractivity contribution in [2.75, 3.05) is 26.3 Å². The lowest BCUT2D eigenvalue weighted by atomic mass is 10.0. The standard InChI is InChI=1S/C21H26N2O4S/c1-15-6-4-5-7-19(15)17(3)22-21(24)18-9-8-16(2)20(14-18)28(25,26)23-10-12-27-13-11-23/h4-9,14,17H,10-13H2,1-3H3,(H,22,24). The molecule has 1 heterocycles. The first-order valence-corrected chi connectivity index (χ1v) is 10.8. The van der Waals surface area contributed by atoms with E-state index >= 15 is 0 Å². The zero-order chi connectivity index (χ0) is 20.3. The fourth-order valence-electron chi connectivity index (χ4n) is 3.38. The van der Waals surface area contributed by atoms with E-state index in [1.165, 1.54) is 10.4 Å².